The van der Waals surface area contributed by atoms with Crippen molar-refractivity contribution in [3.05, 3.63) is 30.3 Å². The molecule has 0 spiro atoms. The van der Waals surface area contributed by atoms with E-state index in [-0.39, 0.29) is 12.4 Å². The largest absolute Gasteiger partial charge is 0.449 e. The Morgan fingerprint density at radius 2 is 1.84 bits per heavy atom. The molecule has 102 valence electrons. The average molecular weight is 266 g/mol. The van der Waals surface area contributed by atoms with Crippen molar-refractivity contribution in [2.75, 3.05) is 13.7 Å². The Bertz CT molecular complexity index is 460. The molecule has 7 heteroatoms. The van der Waals surface area contributed by atoms with E-state index in [0.29, 0.717) is 4.90 Å². The number of amides is 4. The van der Waals surface area contributed by atoms with E-state index in [2.05, 4.69) is 4.74 Å². The Labute approximate surface area is 110 Å². The summed E-state index contributed by atoms with van der Waals surface area (Å²) in [4.78, 5) is 34.7. The second-order valence-electron chi connectivity index (χ2n) is 3.39. The number of carbonyl (C=O) groups is 3. The number of rotatable bonds is 2. The first-order valence-electron chi connectivity index (χ1n) is 5.53. The van der Waals surface area contributed by atoms with Gasteiger partial charge in [0.15, 0.2) is 0 Å². The van der Waals surface area contributed by atoms with Crippen LogP contribution in [0.2, 0.25) is 0 Å². The van der Waals surface area contributed by atoms with Crippen LogP contribution in [-0.4, -0.2) is 36.8 Å². The van der Waals surface area contributed by atoms with Gasteiger partial charge < -0.3 is 9.47 Å². The van der Waals surface area contributed by atoms with E-state index in [4.69, 9.17) is 4.74 Å². The maximum atomic E-state index is 11.5. The van der Waals surface area contributed by atoms with Crippen molar-refractivity contribution in [2.24, 2.45) is 0 Å². The van der Waals surface area contributed by atoms with E-state index >= 15 is 0 Å². The van der Waals surface area contributed by atoms with Gasteiger partial charge in [0.05, 0.1) is 6.61 Å². The molecule has 0 saturated carbocycles. The molecule has 0 aliphatic carbocycles. The van der Waals surface area contributed by atoms with Crippen LogP contribution in [0.5, 0.6) is 5.75 Å². The molecular weight excluding hydrogens is 252 g/mol. The van der Waals surface area contributed by atoms with Crippen molar-refractivity contribution in [3.63, 3.8) is 0 Å². The van der Waals surface area contributed by atoms with Crippen molar-refractivity contribution in [1.29, 1.82) is 0 Å². The molecule has 0 radical (unpaired) electrons. The Hall–Kier alpha value is -2.57. The van der Waals surface area contributed by atoms with E-state index in [1.807, 2.05) is 5.32 Å². The summed E-state index contributed by atoms with van der Waals surface area (Å²) in [5.74, 6) is 0.284. The monoisotopic (exact) mass is 266 g/mol. The molecule has 0 aliphatic heterocycles. The summed E-state index contributed by atoms with van der Waals surface area (Å²) in [6.45, 7) is 1.73. The molecule has 1 aromatic carbocycles. The van der Waals surface area contributed by atoms with Crippen LogP contribution >= 0.6 is 0 Å². The zero-order valence-corrected chi connectivity index (χ0v) is 10.6. The van der Waals surface area contributed by atoms with E-state index in [9.17, 15) is 14.4 Å². The lowest BCUT2D eigenvalue weighted by atomic mass is 10.3. The van der Waals surface area contributed by atoms with E-state index in [0.717, 1.165) is 0 Å². The van der Waals surface area contributed by atoms with Crippen LogP contribution in [0.15, 0.2) is 30.3 Å². The third-order valence-corrected chi connectivity index (χ3v) is 2.01. The van der Waals surface area contributed by atoms with Gasteiger partial charge in [0.25, 0.3) is 0 Å². The SMILES string of the molecule is CCOC(=O)N(C)C(=O)NC(=O)Oc1ccccc1. The number of carbonyl (C=O) groups excluding carboxylic acids is 3. The number of ether oxygens (including phenoxy) is 2. The lowest BCUT2D eigenvalue weighted by molar-refractivity contribution is 0.121. The standard InChI is InChI=1S/C12H14N2O5/c1-3-18-12(17)14(2)10(15)13-11(16)19-9-7-5-4-6-8-9/h4-8H,3H2,1-2H3,(H,13,15,16). The van der Waals surface area contributed by atoms with Crippen LogP contribution in [0.3, 0.4) is 0 Å². The van der Waals surface area contributed by atoms with E-state index in [1.54, 1.807) is 37.3 Å². The molecule has 7 nitrogen and oxygen atoms in total. The third-order valence-electron chi connectivity index (χ3n) is 2.01. The highest BCUT2D eigenvalue weighted by molar-refractivity contribution is 5.98. The van der Waals surface area contributed by atoms with Crippen molar-refractivity contribution in [2.45, 2.75) is 6.92 Å². The number of urea groups is 1. The average Bonchev–Trinajstić information content (AvgIpc) is 2.39. The number of nitrogens with one attached hydrogen (secondary N) is 1. The molecule has 0 aliphatic rings. The Kier molecular flexibility index (Phi) is 5.34. The molecule has 1 rings (SSSR count). The molecule has 4 amide bonds. The van der Waals surface area contributed by atoms with Gasteiger partial charge in [-0.3, -0.25) is 0 Å². The number of hydrogen-bond acceptors (Lipinski definition) is 5. The van der Waals surface area contributed by atoms with E-state index in [1.165, 1.54) is 7.05 Å². The van der Waals surface area contributed by atoms with Gasteiger partial charge in [0, 0.05) is 7.05 Å². The first-order chi connectivity index (χ1) is 9.04. The van der Waals surface area contributed by atoms with Crippen LogP contribution in [0.25, 0.3) is 0 Å². The summed E-state index contributed by atoms with van der Waals surface area (Å²) in [6, 6.07) is 7.28. The summed E-state index contributed by atoms with van der Waals surface area (Å²) >= 11 is 0. The third kappa shape index (κ3) is 4.66. The van der Waals surface area contributed by atoms with Crippen LogP contribution < -0.4 is 10.1 Å². The minimum absolute atomic E-state index is 0.130. The Balaban J connectivity index is 2.48. The van der Waals surface area contributed by atoms with E-state index < -0.39 is 18.2 Å². The fourth-order valence-corrected chi connectivity index (χ4v) is 1.10. The molecule has 0 heterocycles. The maximum Gasteiger partial charge on any atom is 0.420 e. The fourth-order valence-electron chi connectivity index (χ4n) is 1.10. The Morgan fingerprint density at radius 3 is 2.42 bits per heavy atom. The fraction of sp³-hybridized carbons (Fsp3) is 0.250. The molecule has 0 aromatic heterocycles. The Morgan fingerprint density at radius 1 is 1.21 bits per heavy atom. The molecule has 1 N–H and O–H groups in total. The molecule has 0 unspecified atom stereocenters. The molecule has 0 atom stereocenters. The van der Waals surface area contributed by atoms with Gasteiger partial charge in [-0.05, 0) is 19.1 Å². The normalized spacial score (nSPS) is 9.37. The van der Waals surface area contributed by atoms with Crippen molar-refractivity contribution in [3.8, 4) is 5.75 Å². The highest BCUT2D eigenvalue weighted by Gasteiger charge is 2.20. The molecule has 19 heavy (non-hydrogen) atoms. The number of imide groups is 2. The maximum absolute atomic E-state index is 11.5. The van der Waals surface area contributed by atoms with Gasteiger partial charge in [0.2, 0.25) is 0 Å². The highest BCUT2D eigenvalue weighted by Crippen LogP contribution is 2.08. The smallest absolute Gasteiger partial charge is 0.420 e. The zero-order valence-electron chi connectivity index (χ0n) is 10.6. The number of nitrogens with zero attached hydrogens (tertiary/aromatic N) is 1. The molecule has 0 bridgehead atoms. The first kappa shape index (κ1) is 14.5. The summed E-state index contributed by atoms with van der Waals surface area (Å²) < 4.78 is 9.42. The number of hydrogen-bond donors (Lipinski definition) is 1. The summed E-state index contributed by atoms with van der Waals surface area (Å²) in [7, 11) is 1.18. The summed E-state index contributed by atoms with van der Waals surface area (Å²) in [6.07, 6.45) is -1.83. The number of para-hydroxylation sites is 1. The van der Waals surface area contributed by atoms with Gasteiger partial charge in [-0.1, -0.05) is 18.2 Å². The lowest BCUT2D eigenvalue weighted by Gasteiger charge is -2.14. The van der Waals surface area contributed by atoms with Crippen LogP contribution in [0.1, 0.15) is 6.92 Å². The second-order valence-corrected chi connectivity index (χ2v) is 3.39. The summed E-state index contributed by atoms with van der Waals surface area (Å²) in [5, 5.41) is 1.89. The molecule has 0 saturated heterocycles. The van der Waals surface area contributed by atoms with Gasteiger partial charge >= 0.3 is 18.2 Å². The van der Waals surface area contributed by atoms with Gasteiger partial charge in [-0.15, -0.1) is 0 Å². The van der Waals surface area contributed by atoms with Crippen LogP contribution in [0.4, 0.5) is 14.4 Å². The summed E-state index contributed by atoms with van der Waals surface area (Å²) in [5.41, 5.74) is 0. The van der Waals surface area contributed by atoms with Crippen LogP contribution in [-0.2, 0) is 4.74 Å². The van der Waals surface area contributed by atoms with Crippen molar-refractivity contribution < 1.29 is 23.9 Å². The topological polar surface area (TPSA) is 84.9 Å². The molecular formula is C12H14N2O5. The predicted octanol–water partition coefficient (Wildman–Crippen LogP) is 1.98. The van der Waals surface area contributed by atoms with Gasteiger partial charge in [-0.2, -0.15) is 0 Å². The van der Waals surface area contributed by atoms with Gasteiger partial charge in [0.1, 0.15) is 5.75 Å². The van der Waals surface area contributed by atoms with Crippen molar-refractivity contribution in [1.82, 2.24) is 10.2 Å². The zero-order chi connectivity index (χ0) is 14.3. The van der Waals surface area contributed by atoms with Crippen LogP contribution in [0, 0.1) is 0 Å². The quantitative estimate of drug-likeness (QED) is 0.884. The molecule has 0 fully saturated rings. The first-order valence-corrected chi connectivity index (χ1v) is 5.53. The second kappa shape index (κ2) is 7.00. The minimum atomic E-state index is -0.979. The number of benzene rings is 1. The van der Waals surface area contributed by atoms with Gasteiger partial charge in [-0.25, -0.2) is 24.6 Å². The highest BCUT2D eigenvalue weighted by atomic mass is 16.6. The molecule has 1 aromatic rings. The minimum Gasteiger partial charge on any atom is -0.449 e. The van der Waals surface area contributed by atoms with Crippen molar-refractivity contribution >= 4 is 18.2 Å². The lowest BCUT2D eigenvalue weighted by Crippen LogP contribution is -2.44. The predicted molar refractivity (Wildman–Crippen MR) is 65.8 cm³/mol.